The van der Waals surface area contributed by atoms with Crippen molar-refractivity contribution in [3.05, 3.63) is 41.5 Å². The minimum absolute atomic E-state index is 0. The number of aliphatic hydroxyl groups excluding tert-OH is 2. The Morgan fingerprint density at radius 2 is 0.956 bits per heavy atom. The topological polar surface area (TPSA) is 184 Å². The maximum absolute atomic E-state index is 12.6. The first-order valence-electron chi connectivity index (χ1n) is 14.8. The van der Waals surface area contributed by atoms with Crippen LogP contribution in [0.3, 0.4) is 0 Å². The molecule has 0 aliphatic heterocycles. The average molecular weight is 668 g/mol. The van der Waals surface area contributed by atoms with Crippen molar-refractivity contribution in [3.63, 3.8) is 0 Å². The Labute approximate surface area is 290 Å². The predicted octanol–water partition coefficient (Wildman–Crippen LogP) is 1.74. The maximum Gasteiger partial charge on any atom is 1.00 e. The molecule has 0 unspecified atom stereocenters. The van der Waals surface area contributed by atoms with Crippen LogP contribution in [-0.4, -0.2) is 79.0 Å². The third kappa shape index (κ3) is 23.0. The van der Waals surface area contributed by atoms with Crippen molar-refractivity contribution in [2.45, 2.75) is 81.9 Å². The molecule has 1 aromatic rings. The van der Waals surface area contributed by atoms with E-state index in [9.17, 15) is 19.2 Å². The van der Waals surface area contributed by atoms with E-state index in [1.165, 1.54) is 18.2 Å². The normalized spacial score (nSPS) is 10.7. The van der Waals surface area contributed by atoms with Crippen molar-refractivity contribution in [2.24, 2.45) is 0 Å². The summed E-state index contributed by atoms with van der Waals surface area (Å²) in [6.07, 6.45) is 10.7. The van der Waals surface area contributed by atoms with E-state index >= 15 is 0 Å². The van der Waals surface area contributed by atoms with Crippen LogP contribution < -0.4 is 29.6 Å². The van der Waals surface area contributed by atoms with Gasteiger partial charge in [-0.25, -0.2) is 24.4 Å². The number of unbranched alkanes of at least 4 members (excludes halogenated alkanes) is 9. The molecule has 0 amide bonds. The van der Waals surface area contributed by atoms with Gasteiger partial charge in [0.05, 0.1) is 49.6 Å². The number of esters is 4. The van der Waals surface area contributed by atoms with E-state index in [0.29, 0.717) is 61.9 Å². The summed E-state index contributed by atoms with van der Waals surface area (Å²) in [6, 6.07) is 4.19. The van der Waals surface area contributed by atoms with E-state index in [4.69, 9.17) is 34.4 Å². The Morgan fingerprint density at radius 3 is 1.33 bits per heavy atom. The Hall–Kier alpha value is -2.01. The summed E-state index contributed by atoms with van der Waals surface area (Å²) >= 11 is 0.592. The third-order valence-corrected chi connectivity index (χ3v) is 6.55. The molecule has 3 N–H and O–H groups in total. The van der Waals surface area contributed by atoms with Crippen LogP contribution in [0, 0.1) is 0 Å². The average Bonchev–Trinajstić information content (AvgIpc) is 3.03. The molecule has 45 heavy (non-hydrogen) atoms. The quantitative estimate of drug-likeness (QED) is 0.0190. The van der Waals surface area contributed by atoms with Gasteiger partial charge in [-0.2, -0.15) is 0 Å². The van der Waals surface area contributed by atoms with Gasteiger partial charge < -0.3 is 29.2 Å². The van der Waals surface area contributed by atoms with Gasteiger partial charge in [0.2, 0.25) is 0 Å². The standard InChI is InChI=1S/C30H44O13S.Na/c31-15-7-1-3-9-17-38-27(33)13-14-28(34)39-18-10-5-6-12-20-41-30(36)25-21-24(22-26(23-25)44-43-42-37)29(35)40-19-11-4-2-8-16-32;/h13-14,21-23,31-32,37H,1-12,15-20H2;/q;+1/b14-13-;. The molecule has 1 rings (SSSR count). The first kappa shape index (κ1) is 43.0. The van der Waals surface area contributed by atoms with Gasteiger partial charge in [-0.3, -0.25) is 0 Å². The first-order valence-corrected chi connectivity index (χ1v) is 15.5. The minimum atomic E-state index is -0.656. The monoisotopic (exact) mass is 667 g/mol. The summed E-state index contributed by atoms with van der Waals surface area (Å²) in [4.78, 5) is 48.7. The van der Waals surface area contributed by atoms with Crippen molar-refractivity contribution < 1.29 is 92.5 Å². The second kappa shape index (κ2) is 29.4. The zero-order valence-corrected chi connectivity index (χ0v) is 28.8. The van der Waals surface area contributed by atoms with E-state index in [1.807, 2.05) is 0 Å². The molecule has 0 fully saturated rings. The number of ether oxygens (including phenoxy) is 4. The van der Waals surface area contributed by atoms with Crippen LogP contribution in [0.15, 0.2) is 35.2 Å². The van der Waals surface area contributed by atoms with Crippen LogP contribution in [0.5, 0.6) is 0 Å². The van der Waals surface area contributed by atoms with E-state index < -0.39 is 23.9 Å². The summed E-state index contributed by atoms with van der Waals surface area (Å²) < 4.78 is 25.1. The predicted molar refractivity (Wildman–Crippen MR) is 158 cm³/mol. The summed E-state index contributed by atoms with van der Waals surface area (Å²) in [5.41, 5.74) is 0.193. The van der Waals surface area contributed by atoms with Gasteiger partial charge >= 0.3 is 53.4 Å². The molecule has 0 heterocycles. The summed E-state index contributed by atoms with van der Waals surface area (Å²) in [5, 5.41) is 29.6. The van der Waals surface area contributed by atoms with Crippen LogP contribution in [0.1, 0.15) is 97.8 Å². The number of carbonyl (C=O) groups excluding carboxylic acids is 4. The first-order chi connectivity index (χ1) is 21.4. The molecule has 1 aromatic carbocycles. The van der Waals surface area contributed by atoms with E-state index in [-0.39, 0.29) is 80.3 Å². The molecule has 0 saturated carbocycles. The second-order valence-corrected chi connectivity index (χ2v) is 10.4. The molecule has 13 nitrogen and oxygen atoms in total. The Balaban J connectivity index is 0.0000194. The van der Waals surface area contributed by atoms with Crippen LogP contribution >= 0.6 is 12.0 Å². The molecule has 0 aliphatic rings. The SMILES string of the molecule is O=C(/C=C\C(=O)OCCCCCCOC(=O)c1cc(SOOO)cc(C(=O)OCCCCCCO)c1)OCCCCCCO.[Na+]. The Kier molecular flexibility index (Phi) is 28.1. The van der Waals surface area contributed by atoms with Crippen molar-refractivity contribution in [2.75, 3.05) is 39.6 Å². The van der Waals surface area contributed by atoms with Crippen molar-refractivity contribution >= 4 is 35.9 Å². The molecule has 0 saturated heterocycles. The summed E-state index contributed by atoms with van der Waals surface area (Å²) in [7, 11) is 0. The zero-order valence-electron chi connectivity index (χ0n) is 25.9. The minimum Gasteiger partial charge on any atom is -0.463 e. The van der Waals surface area contributed by atoms with Gasteiger partial charge in [-0.05, 0) is 82.4 Å². The molecule has 0 aliphatic carbocycles. The number of rotatable bonds is 26. The van der Waals surface area contributed by atoms with Gasteiger partial charge in [-0.1, -0.05) is 17.9 Å². The number of aliphatic hydroxyl groups is 2. The van der Waals surface area contributed by atoms with Crippen LogP contribution in [0.4, 0.5) is 0 Å². The molecule has 0 bridgehead atoms. The number of benzene rings is 1. The molecule has 248 valence electrons. The third-order valence-electron chi connectivity index (χ3n) is 5.99. The Morgan fingerprint density at radius 1 is 0.578 bits per heavy atom. The number of hydrogen-bond donors (Lipinski definition) is 3. The van der Waals surface area contributed by atoms with Crippen LogP contribution in [-0.2, 0) is 37.9 Å². The number of carbonyl (C=O) groups is 4. The molecule has 15 heteroatoms. The van der Waals surface area contributed by atoms with Crippen molar-refractivity contribution in [3.8, 4) is 0 Å². The van der Waals surface area contributed by atoms with Gasteiger partial charge in [0.25, 0.3) is 0 Å². The van der Waals surface area contributed by atoms with Gasteiger partial charge in [0.15, 0.2) is 0 Å². The van der Waals surface area contributed by atoms with E-state index in [2.05, 4.69) is 9.37 Å². The second-order valence-electron chi connectivity index (χ2n) is 9.60. The fourth-order valence-electron chi connectivity index (χ4n) is 3.70. The zero-order chi connectivity index (χ0) is 32.3. The molecular formula is C30H44NaO13S+. The fourth-order valence-corrected chi connectivity index (χ4v) is 4.16. The van der Waals surface area contributed by atoms with Crippen LogP contribution in [0.25, 0.3) is 0 Å². The Bertz CT molecular complexity index is 1010. The smallest absolute Gasteiger partial charge is 0.463 e. The molecule has 0 atom stereocenters. The largest absolute Gasteiger partial charge is 1.00 e. The summed E-state index contributed by atoms with van der Waals surface area (Å²) in [6.45, 7) is 1.02. The molecule has 0 spiro atoms. The van der Waals surface area contributed by atoms with E-state index in [0.717, 1.165) is 44.3 Å². The fraction of sp³-hybridized carbons (Fsp3) is 0.600. The summed E-state index contributed by atoms with van der Waals surface area (Å²) in [5.74, 6) is -2.55. The van der Waals surface area contributed by atoms with Gasteiger partial charge in [0, 0.05) is 30.3 Å². The number of hydrogen-bond acceptors (Lipinski definition) is 14. The van der Waals surface area contributed by atoms with Crippen molar-refractivity contribution in [1.29, 1.82) is 0 Å². The molecule has 0 aromatic heterocycles. The van der Waals surface area contributed by atoms with Crippen LogP contribution in [0.2, 0.25) is 0 Å². The maximum atomic E-state index is 12.6. The van der Waals surface area contributed by atoms with E-state index in [1.54, 1.807) is 0 Å². The molecular weight excluding hydrogens is 623 g/mol. The van der Waals surface area contributed by atoms with Gasteiger partial charge in [-0.15, -0.1) is 4.33 Å². The van der Waals surface area contributed by atoms with Crippen molar-refractivity contribution in [1.82, 2.24) is 0 Å². The van der Waals surface area contributed by atoms with Gasteiger partial charge in [0.1, 0.15) is 0 Å². The molecule has 0 radical (unpaired) electrons.